The largest absolute Gasteiger partial charge is 0.478 e. The summed E-state index contributed by atoms with van der Waals surface area (Å²) in [6.07, 6.45) is 9.24. The quantitative estimate of drug-likeness (QED) is 0.867. The lowest BCUT2D eigenvalue weighted by Gasteiger charge is -2.32. The summed E-state index contributed by atoms with van der Waals surface area (Å²) in [5, 5.41) is 10.8. The van der Waals surface area contributed by atoms with E-state index in [1.807, 2.05) is 4.90 Å². The highest BCUT2D eigenvalue weighted by Crippen LogP contribution is 2.25. The van der Waals surface area contributed by atoms with Crippen molar-refractivity contribution < 1.29 is 9.53 Å². The molecule has 0 bridgehead atoms. The molecule has 8 heteroatoms. The van der Waals surface area contributed by atoms with Crippen molar-refractivity contribution in [2.24, 2.45) is 0 Å². The molecule has 2 aromatic rings. The third kappa shape index (κ3) is 3.23. The number of carbonyl (C=O) groups excluding carboxylic acids is 1. The van der Waals surface area contributed by atoms with Crippen molar-refractivity contribution >= 4 is 11.7 Å². The zero-order valence-corrected chi connectivity index (χ0v) is 15.0. The molecule has 0 saturated carbocycles. The number of hydrogen-bond acceptors (Lipinski definition) is 6. The number of aromatic nitrogens is 4. The van der Waals surface area contributed by atoms with E-state index in [9.17, 15) is 4.79 Å². The van der Waals surface area contributed by atoms with Crippen LogP contribution in [-0.4, -0.2) is 57.2 Å². The molecule has 8 nitrogen and oxygen atoms in total. The summed E-state index contributed by atoms with van der Waals surface area (Å²) < 4.78 is 5.24. The lowest BCUT2D eigenvalue weighted by atomic mass is 9.95. The van der Waals surface area contributed by atoms with Crippen molar-refractivity contribution in [3.63, 3.8) is 0 Å². The molecule has 0 atom stereocenters. The summed E-state index contributed by atoms with van der Waals surface area (Å²) in [6, 6.07) is 0.248. The van der Waals surface area contributed by atoms with E-state index < -0.39 is 0 Å². The average molecular weight is 356 g/mol. The summed E-state index contributed by atoms with van der Waals surface area (Å²) >= 11 is 0. The van der Waals surface area contributed by atoms with Gasteiger partial charge in [-0.15, -0.1) is 0 Å². The SMILES string of the molecule is COc1nccnc1NC1CCN(C(=O)c2n[nH]c3c2CCCC3)CC1. The van der Waals surface area contributed by atoms with Crippen molar-refractivity contribution in [1.82, 2.24) is 25.1 Å². The predicted molar refractivity (Wildman–Crippen MR) is 96.4 cm³/mol. The molecular weight excluding hydrogens is 332 g/mol. The number of carbonyl (C=O) groups is 1. The van der Waals surface area contributed by atoms with Gasteiger partial charge in [-0.05, 0) is 38.5 Å². The van der Waals surface area contributed by atoms with Gasteiger partial charge in [0.25, 0.3) is 11.8 Å². The Morgan fingerprint density at radius 1 is 1.23 bits per heavy atom. The number of anilines is 1. The van der Waals surface area contributed by atoms with E-state index >= 15 is 0 Å². The number of aromatic amines is 1. The van der Waals surface area contributed by atoms with Crippen LogP contribution in [0.2, 0.25) is 0 Å². The molecule has 1 amide bonds. The van der Waals surface area contributed by atoms with Gasteiger partial charge < -0.3 is 15.0 Å². The molecule has 0 aromatic carbocycles. The molecule has 138 valence electrons. The van der Waals surface area contributed by atoms with Crippen LogP contribution >= 0.6 is 0 Å². The Hall–Kier alpha value is -2.64. The fourth-order valence-electron chi connectivity index (χ4n) is 3.80. The lowest BCUT2D eigenvalue weighted by Crippen LogP contribution is -2.43. The minimum absolute atomic E-state index is 0.0555. The van der Waals surface area contributed by atoms with Crippen LogP contribution < -0.4 is 10.1 Å². The number of likely N-dealkylation sites (tertiary alicyclic amines) is 1. The number of piperidine rings is 1. The third-order valence-electron chi connectivity index (χ3n) is 5.24. The smallest absolute Gasteiger partial charge is 0.274 e. The molecule has 3 heterocycles. The molecule has 1 aliphatic heterocycles. The van der Waals surface area contributed by atoms with Crippen LogP contribution in [0.4, 0.5) is 5.82 Å². The Bertz CT molecular complexity index is 782. The maximum atomic E-state index is 12.9. The number of fused-ring (bicyclic) bond motifs is 1. The van der Waals surface area contributed by atoms with E-state index in [0.717, 1.165) is 43.4 Å². The number of aryl methyl sites for hydroxylation is 1. The van der Waals surface area contributed by atoms with Crippen molar-refractivity contribution in [1.29, 1.82) is 0 Å². The van der Waals surface area contributed by atoms with Gasteiger partial charge in [-0.2, -0.15) is 5.10 Å². The molecule has 2 N–H and O–H groups in total. The van der Waals surface area contributed by atoms with Gasteiger partial charge in [0.2, 0.25) is 0 Å². The van der Waals surface area contributed by atoms with Crippen LogP contribution in [-0.2, 0) is 12.8 Å². The van der Waals surface area contributed by atoms with Crippen molar-refractivity contribution in [2.75, 3.05) is 25.5 Å². The maximum Gasteiger partial charge on any atom is 0.274 e. The predicted octanol–water partition coefficient (Wildman–Crippen LogP) is 1.80. The van der Waals surface area contributed by atoms with Crippen LogP contribution in [0.15, 0.2) is 12.4 Å². The summed E-state index contributed by atoms with van der Waals surface area (Å²) in [6.45, 7) is 1.42. The average Bonchev–Trinajstić information content (AvgIpc) is 3.12. The number of hydrogen-bond donors (Lipinski definition) is 2. The second kappa shape index (κ2) is 7.31. The van der Waals surface area contributed by atoms with Gasteiger partial charge in [0.15, 0.2) is 11.5 Å². The summed E-state index contributed by atoms with van der Waals surface area (Å²) in [5.74, 6) is 1.20. The van der Waals surface area contributed by atoms with Crippen LogP contribution in [0.3, 0.4) is 0 Å². The fraction of sp³-hybridized carbons (Fsp3) is 0.556. The Labute approximate surface area is 152 Å². The van der Waals surface area contributed by atoms with Crippen LogP contribution in [0.25, 0.3) is 0 Å². The van der Waals surface area contributed by atoms with E-state index in [4.69, 9.17) is 4.74 Å². The minimum Gasteiger partial charge on any atom is -0.478 e. The number of nitrogens with one attached hydrogen (secondary N) is 2. The van der Waals surface area contributed by atoms with Gasteiger partial charge in [-0.3, -0.25) is 9.89 Å². The van der Waals surface area contributed by atoms with Gasteiger partial charge in [0.1, 0.15) is 0 Å². The van der Waals surface area contributed by atoms with Crippen molar-refractivity contribution in [2.45, 2.75) is 44.6 Å². The van der Waals surface area contributed by atoms with Gasteiger partial charge in [-0.25, -0.2) is 9.97 Å². The third-order valence-corrected chi connectivity index (χ3v) is 5.24. The van der Waals surface area contributed by atoms with E-state index in [1.54, 1.807) is 19.5 Å². The maximum absolute atomic E-state index is 12.9. The summed E-state index contributed by atoms with van der Waals surface area (Å²) in [7, 11) is 1.58. The second-order valence-electron chi connectivity index (χ2n) is 6.86. The number of methoxy groups -OCH3 is 1. The molecule has 1 aliphatic carbocycles. The highest BCUT2D eigenvalue weighted by atomic mass is 16.5. The topological polar surface area (TPSA) is 96.0 Å². The van der Waals surface area contributed by atoms with Crippen LogP contribution in [0, 0.1) is 0 Å². The number of nitrogens with zero attached hydrogens (tertiary/aromatic N) is 4. The van der Waals surface area contributed by atoms with E-state index in [0.29, 0.717) is 30.5 Å². The Morgan fingerprint density at radius 2 is 2.00 bits per heavy atom. The van der Waals surface area contributed by atoms with Gasteiger partial charge >= 0.3 is 0 Å². The molecule has 26 heavy (non-hydrogen) atoms. The van der Waals surface area contributed by atoms with Gasteiger partial charge in [0.05, 0.1) is 7.11 Å². The zero-order valence-electron chi connectivity index (χ0n) is 15.0. The first kappa shape index (κ1) is 16.8. The molecule has 4 rings (SSSR count). The normalized spacial score (nSPS) is 17.7. The van der Waals surface area contributed by atoms with E-state index in [1.165, 1.54) is 6.42 Å². The Morgan fingerprint density at radius 3 is 2.81 bits per heavy atom. The van der Waals surface area contributed by atoms with E-state index in [-0.39, 0.29) is 11.9 Å². The van der Waals surface area contributed by atoms with Crippen molar-refractivity contribution in [3.05, 3.63) is 29.3 Å². The Kier molecular flexibility index (Phi) is 4.73. The molecule has 0 unspecified atom stereocenters. The van der Waals surface area contributed by atoms with Gasteiger partial charge in [-0.1, -0.05) is 0 Å². The highest BCUT2D eigenvalue weighted by Gasteiger charge is 2.29. The highest BCUT2D eigenvalue weighted by molar-refractivity contribution is 5.94. The number of H-pyrrole nitrogens is 1. The minimum atomic E-state index is 0.0555. The molecular formula is C18H24N6O2. The molecule has 2 aromatic heterocycles. The molecule has 2 aliphatic rings. The molecule has 1 fully saturated rings. The fourth-order valence-corrected chi connectivity index (χ4v) is 3.80. The summed E-state index contributed by atoms with van der Waals surface area (Å²) in [5.41, 5.74) is 2.90. The molecule has 0 radical (unpaired) electrons. The standard InChI is InChI=1S/C18H24N6O2/c1-26-17-16(19-8-9-20-17)21-12-6-10-24(11-7-12)18(25)15-13-4-2-3-5-14(13)22-23-15/h8-9,12H,2-7,10-11H2,1H3,(H,19,21)(H,22,23). The van der Waals surface area contributed by atoms with E-state index in [2.05, 4.69) is 25.5 Å². The van der Waals surface area contributed by atoms with Gasteiger partial charge in [0, 0.05) is 42.8 Å². The number of amides is 1. The second-order valence-corrected chi connectivity index (χ2v) is 6.86. The Balaban J connectivity index is 1.37. The first-order chi connectivity index (χ1) is 12.8. The number of rotatable bonds is 4. The molecule has 0 spiro atoms. The summed E-state index contributed by atoms with van der Waals surface area (Å²) in [4.78, 5) is 23.2. The monoisotopic (exact) mass is 356 g/mol. The lowest BCUT2D eigenvalue weighted by molar-refractivity contribution is 0.0711. The molecule has 1 saturated heterocycles. The van der Waals surface area contributed by atoms with Crippen LogP contribution in [0.5, 0.6) is 5.88 Å². The van der Waals surface area contributed by atoms with Crippen LogP contribution in [0.1, 0.15) is 47.4 Å². The first-order valence-electron chi connectivity index (χ1n) is 9.23. The zero-order chi connectivity index (χ0) is 17.9. The number of ether oxygens (including phenoxy) is 1. The first-order valence-corrected chi connectivity index (χ1v) is 9.23. The van der Waals surface area contributed by atoms with Crippen molar-refractivity contribution in [3.8, 4) is 5.88 Å².